The molecule has 1 aliphatic rings. The molecule has 0 spiro atoms. The summed E-state index contributed by atoms with van der Waals surface area (Å²) in [4.78, 5) is 17.7. The molecule has 1 aliphatic carbocycles. The van der Waals surface area contributed by atoms with Crippen LogP contribution < -0.4 is 9.88 Å². The lowest BCUT2D eigenvalue weighted by atomic mass is 9.83. The Balaban J connectivity index is 1.33. The summed E-state index contributed by atoms with van der Waals surface area (Å²) < 4.78 is 34.8. The van der Waals surface area contributed by atoms with Gasteiger partial charge in [0.05, 0.1) is 25.5 Å². The van der Waals surface area contributed by atoms with Crippen molar-refractivity contribution in [2.75, 3.05) is 13.2 Å². The number of aromatic nitrogens is 1. The van der Waals surface area contributed by atoms with Crippen LogP contribution in [0.25, 0.3) is 10.2 Å². The van der Waals surface area contributed by atoms with Crippen molar-refractivity contribution >= 4 is 37.5 Å². The average molecular weight is 461 g/mol. The molecule has 9 heteroatoms. The highest BCUT2D eigenvalue weighted by atomic mass is 32.2. The maximum absolute atomic E-state index is 13.0. The van der Waals surface area contributed by atoms with Crippen LogP contribution in [-0.2, 0) is 26.0 Å². The minimum atomic E-state index is -3.74. The molecule has 1 aromatic heterocycles. The van der Waals surface area contributed by atoms with E-state index in [9.17, 15) is 13.2 Å². The second-order valence-electron chi connectivity index (χ2n) is 7.74. The number of carbonyl (C=O) groups is 1. The highest BCUT2D eigenvalue weighted by Crippen LogP contribution is 2.43. The Morgan fingerprint density at radius 3 is 2.45 bits per heavy atom. The Bertz CT molecular complexity index is 1130. The van der Waals surface area contributed by atoms with Crippen molar-refractivity contribution in [2.45, 2.75) is 37.0 Å². The van der Waals surface area contributed by atoms with Crippen molar-refractivity contribution in [1.82, 2.24) is 4.98 Å². The van der Waals surface area contributed by atoms with Gasteiger partial charge in [0.15, 0.2) is 0 Å². The SMILES string of the molecule is NS(=O)(=O)c1ccc(OCCOC(=O)C2(Cc3nc4ccccc4s3)CCCC2)cc1. The first kappa shape index (κ1) is 21.7. The van der Waals surface area contributed by atoms with Gasteiger partial charge in [-0.25, -0.2) is 18.5 Å². The third kappa shape index (κ3) is 5.06. The normalized spacial score (nSPS) is 15.8. The number of benzene rings is 2. The van der Waals surface area contributed by atoms with Gasteiger partial charge in [0, 0.05) is 6.42 Å². The molecule has 0 unspecified atom stereocenters. The molecule has 2 aromatic carbocycles. The third-order valence-electron chi connectivity index (χ3n) is 5.56. The minimum absolute atomic E-state index is 0.0179. The highest BCUT2D eigenvalue weighted by Gasteiger charge is 2.43. The summed E-state index contributed by atoms with van der Waals surface area (Å²) in [6, 6.07) is 13.8. The molecule has 7 nitrogen and oxygen atoms in total. The molecule has 0 radical (unpaired) electrons. The lowest BCUT2D eigenvalue weighted by Gasteiger charge is -2.25. The van der Waals surface area contributed by atoms with Crippen molar-refractivity contribution in [1.29, 1.82) is 0 Å². The van der Waals surface area contributed by atoms with E-state index in [0.29, 0.717) is 12.2 Å². The molecule has 31 heavy (non-hydrogen) atoms. The van der Waals surface area contributed by atoms with Gasteiger partial charge in [-0.2, -0.15) is 0 Å². The van der Waals surface area contributed by atoms with Crippen LogP contribution in [0.4, 0.5) is 0 Å². The quantitative estimate of drug-likeness (QED) is 0.406. The third-order valence-corrected chi connectivity index (χ3v) is 7.52. The lowest BCUT2D eigenvalue weighted by Crippen LogP contribution is -2.33. The van der Waals surface area contributed by atoms with Crippen LogP contribution in [0.2, 0.25) is 0 Å². The minimum Gasteiger partial charge on any atom is -0.490 e. The van der Waals surface area contributed by atoms with Gasteiger partial charge in [0.25, 0.3) is 0 Å². The van der Waals surface area contributed by atoms with Crippen molar-refractivity contribution in [3.63, 3.8) is 0 Å². The molecular weight excluding hydrogens is 436 g/mol. The zero-order chi connectivity index (χ0) is 21.9. The molecule has 0 bridgehead atoms. The number of hydrogen-bond acceptors (Lipinski definition) is 7. The number of primary sulfonamides is 1. The van der Waals surface area contributed by atoms with Crippen LogP contribution in [0, 0.1) is 5.41 Å². The summed E-state index contributed by atoms with van der Waals surface area (Å²) >= 11 is 1.63. The summed E-state index contributed by atoms with van der Waals surface area (Å²) in [7, 11) is -3.74. The predicted molar refractivity (Wildman–Crippen MR) is 118 cm³/mol. The van der Waals surface area contributed by atoms with E-state index in [-0.39, 0.29) is 24.1 Å². The zero-order valence-corrected chi connectivity index (χ0v) is 18.6. The fraction of sp³-hybridized carbons (Fsp3) is 0.364. The van der Waals surface area contributed by atoms with Crippen LogP contribution in [0.15, 0.2) is 53.4 Å². The Labute approximate surface area is 185 Å². The van der Waals surface area contributed by atoms with Gasteiger partial charge < -0.3 is 9.47 Å². The van der Waals surface area contributed by atoms with Crippen molar-refractivity contribution in [3.05, 3.63) is 53.5 Å². The summed E-state index contributed by atoms with van der Waals surface area (Å²) in [6.45, 7) is 0.301. The molecule has 3 aromatic rings. The first-order valence-electron chi connectivity index (χ1n) is 10.1. The van der Waals surface area contributed by atoms with Gasteiger partial charge in [-0.05, 0) is 49.2 Å². The summed E-state index contributed by atoms with van der Waals surface area (Å²) in [5, 5.41) is 6.05. The number of nitrogens with zero attached hydrogens (tertiary/aromatic N) is 1. The smallest absolute Gasteiger partial charge is 0.312 e. The Kier molecular flexibility index (Phi) is 6.27. The molecule has 4 rings (SSSR count). The van der Waals surface area contributed by atoms with E-state index in [2.05, 4.69) is 0 Å². The second kappa shape index (κ2) is 8.94. The largest absolute Gasteiger partial charge is 0.490 e. The summed E-state index contributed by atoms with van der Waals surface area (Å²) in [5.74, 6) is 0.283. The second-order valence-corrected chi connectivity index (χ2v) is 10.4. The van der Waals surface area contributed by atoms with Crippen molar-refractivity contribution in [3.8, 4) is 5.75 Å². The maximum atomic E-state index is 13.0. The van der Waals surface area contributed by atoms with E-state index in [4.69, 9.17) is 19.6 Å². The molecule has 0 aliphatic heterocycles. The van der Waals surface area contributed by atoms with E-state index < -0.39 is 15.4 Å². The Morgan fingerprint density at radius 1 is 1.06 bits per heavy atom. The van der Waals surface area contributed by atoms with E-state index in [1.165, 1.54) is 24.3 Å². The molecule has 0 amide bonds. The summed E-state index contributed by atoms with van der Waals surface area (Å²) in [5.41, 5.74) is 0.441. The molecule has 1 heterocycles. The van der Waals surface area contributed by atoms with Gasteiger partial charge in [0.1, 0.15) is 19.0 Å². The standard InChI is InChI=1S/C22H24N2O5S2/c23-31(26,27)17-9-7-16(8-10-17)28-13-14-29-21(25)22(11-3-4-12-22)15-20-24-18-5-1-2-6-19(18)30-20/h1-2,5-10H,3-4,11-15H2,(H2,23,26,27). The van der Waals surface area contributed by atoms with Crippen LogP contribution >= 0.6 is 11.3 Å². The number of esters is 1. The van der Waals surface area contributed by atoms with E-state index in [0.717, 1.165) is 40.9 Å². The number of thiazole rings is 1. The Hall–Kier alpha value is -2.49. The average Bonchev–Trinajstić information content (AvgIpc) is 3.38. The fourth-order valence-electron chi connectivity index (χ4n) is 3.96. The van der Waals surface area contributed by atoms with Crippen LogP contribution in [0.5, 0.6) is 5.75 Å². The fourth-order valence-corrected chi connectivity index (χ4v) is 5.59. The lowest BCUT2D eigenvalue weighted by molar-refractivity contribution is -0.156. The molecule has 1 saturated carbocycles. The number of para-hydroxylation sites is 1. The molecule has 0 saturated heterocycles. The molecule has 164 valence electrons. The Morgan fingerprint density at radius 2 is 1.77 bits per heavy atom. The van der Waals surface area contributed by atoms with E-state index in [1.54, 1.807) is 11.3 Å². The maximum Gasteiger partial charge on any atom is 0.312 e. The number of nitrogens with two attached hydrogens (primary N) is 1. The number of sulfonamides is 1. The van der Waals surface area contributed by atoms with E-state index >= 15 is 0 Å². The van der Waals surface area contributed by atoms with Crippen molar-refractivity contribution in [2.24, 2.45) is 10.6 Å². The number of rotatable bonds is 8. The van der Waals surface area contributed by atoms with Gasteiger partial charge in [0.2, 0.25) is 10.0 Å². The first-order valence-corrected chi connectivity index (χ1v) is 12.5. The highest BCUT2D eigenvalue weighted by molar-refractivity contribution is 7.89. The van der Waals surface area contributed by atoms with Gasteiger partial charge in [-0.15, -0.1) is 11.3 Å². The number of carbonyl (C=O) groups excluding carboxylic acids is 1. The number of hydrogen-bond donors (Lipinski definition) is 1. The number of ether oxygens (including phenoxy) is 2. The zero-order valence-electron chi connectivity index (χ0n) is 17.0. The molecule has 0 atom stereocenters. The van der Waals surface area contributed by atoms with Gasteiger partial charge in [-0.3, -0.25) is 4.79 Å². The first-order chi connectivity index (χ1) is 14.9. The monoisotopic (exact) mass is 460 g/mol. The molecular formula is C22H24N2O5S2. The van der Waals surface area contributed by atoms with Crippen molar-refractivity contribution < 1.29 is 22.7 Å². The van der Waals surface area contributed by atoms with Crippen LogP contribution in [-0.4, -0.2) is 32.6 Å². The van der Waals surface area contributed by atoms with Gasteiger partial charge >= 0.3 is 5.97 Å². The van der Waals surface area contributed by atoms with Crippen LogP contribution in [0.1, 0.15) is 30.7 Å². The summed E-state index contributed by atoms with van der Waals surface area (Å²) in [6.07, 6.45) is 4.22. The topological polar surface area (TPSA) is 109 Å². The van der Waals surface area contributed by atoms with Gasteiger partial charge in [-0.1, -0.05) is 25.0 Å². The van der Waals surface area contributed by atoms with Crippen LogP contribution in [0.3, 0.4) is 0 Å². The number of fused-ring (bicyclic) bond motifs is 1. The molecule has 1 fully saturated rings. The molecule has 2 N–H and O–H groups in total. The predicted octanol–water partition coefficient (Wildman–Crippen LogP) is 3.67. The van der Waals surface area contributed by atoms with E-state index in [1.807, 2.05) is 24.3 Å².